The molecular weight excluding hydrogens is 214 g/mol. The highest BCUT2D eigenvalue weighted by Crippen LogP contribution is 2.39. The second-order valence-corrected chi connectivity index (χ2v) is 5.59. The summed E-state index contributed by atoms with van der Waals surface area (Å²) in [5, 5.41) is 0. The first-order valence-electron chi connectivity index (χ1n) is 6.59. The zero-order valence-corrected chi connectivity index (χ0v) is 10.4. The maximum atomic E-state index is 6.34. The Morgan fingerprint density at radius 2 is 2.47 bits per heavy atom. The molecule has 94 valence electrons. The minimum absolute atomic E-state index is 0.0778. The molecule has 1 aromatic rings. The number of imidazole rings is 1. The van der Waals surface area contributed by atoms with Crippen LogP contribution in [0.3, 0.4) is 0 Å². The monoisotopic (exact) mass is 235 g/mol. The Kier molecular flexibility index (Phi) is 2.92. The van der Waals surface area contributed by atoms with Crippen LogP contribution in [0.2, 0.25) is 0 Å². The largest absolute Gasteiger partial charge is 0.381 e. The van der Waals surface area contributed by atoms with E-state index in [1.807, 2.05) is 12.5 Å². The van der Waals surface area contributed by atoms with Crippen LogP contribution in [0, 0.1) is 17.8 Å². The van der Waals surface area contributed by atoms with Gasteiger partial charge >= 0.3 is 0 Å². The van der Waals surface area contributed by atoms with Crippen molar-refractivity contribution in [1.29, 1.82) is 0 Å². The Morgan fingerprint density at radius 1 is 1.65 bits per heavy atom. The van der Waals surface area contributed by atoms with Gasteiger partial charge in [-0.3, -0.25) is 0 Å². The molecule has 1 aromatic heterocycles. The van der Waals surface area contributed by atoms with Crippen LogP contribution in [-0.2, 0) is 11.3 Å². The van der Waals surface area contributed by atoms with E-state index in [0.29, 0.717) is 5.92 Å². The first-order chi connectivity index (χ1) is 8.25. The number of rotatable bonds is 4. The van der Waals surface area contributed by atoms with Gasteiger partial charge < -0.3 is 15.0 Å². The van der Waals surface area contributed by atoms with Crippen molar-refractivity contribution < 1.29 is 4.74 Å². The zero-order valence-electron chi connectivity index (χ0n) is 10.4. The Bertz CT molecular complexity index is 384. The topological polar surface area (TPSA) is 53.1 Å². The lowest BCUT2D eigenvalue weighted by atomic mass is 9.97. The maximum Gasteiger partial charge on any atom is 0.0948 e. The van der Waals surface area contributed by atoms with Crippen molar-refractivity contribution in [2.24, 2.45) is 23.5 Å². The van der Waals surface area contributed by atoms with Crippen LogP contribution < -0.4 is 5.73 Å². The molecule has 0 radical (unpaired) electrons. The van der Waals surface area contributed by atoms with Gasteiger partial charge in [0.2, 0.25) is 0 Å². The molecule has 4 atom stereocenters. The molecule has 4 heteroatoms. The van der Waals surface area contributed by atoms with E-state index < -0.39 is 0 Å². The van der Waals surface area contributed by atoms with E-state index in [9.17, 15) is 0 Å². The summed E-state index contributed by atoms with van der Waals surface area (Å²) in [6, 6.07) is 0.0778. The Balaban J connectivity index is 1.70. The van der Waals surface area contributed by atoms with Crippen molar-refractivity contribution in [1.82, 2.24) is 9.55 Å². The van der Waals surface area contributed by atoms with Gasteiger partial charge in [-0.2, -0.15) is 0 Å². The van der Waals surface area contributed by atoms with Crippen LogP contribution in [0.25, 0.3) is 0 Å². The van der Waals surface area contributed by atoms with E-state index in [1.165, 1.54) is 12.1 Å². The maximum absolute atomic E-state index is 6.34. The van der Waals surface area contributed by atoms with Crippen molar-refractivity contribution in [3.05, 3.63) is 18.2 Å². The average Bonchev–Trinajstić information content (AvgIpc) is 2.82. The fraction of sp³-hybridized carbons (Fsp3) is 0.769. The Hall–Kier alpha value is -0.870. The number of hydrogen-bond acceptors (Lipinski definition) is 3. The third kappa shape index (κ3) is 2.24. The van der Waals surface area contributed by atoms with Crippen LogP contribution in [0.15, 0.2) is 12.5 Å². The number of nitrogens with zero attached hydrogens (tertiary/aromatic N) is 2. The van der Waals surface area contributed by atoms with Crippen molar-refractivity contribution in [2.45, 2.75) is 32.4 Å². The van der Waals surface area contributed by atoms with Crippen molar-refractivity contribution in [3.8, 4) is 0 Å². The first kappa shape index (κ1) is 11.2. The predicted molar refractivity (Wildman–Crippen MR) is 65.4 cm³/mol. The summed E-state index contributed by atoms with van der Waals surface area (Å²) in [6.07, 6.45) is 6.28. The van der Waals surface area contributed by atoms with Gasteiger partial charge in [-0.15, -0.1) is 0 Å². The molecule has 0 bridgehead atoms. The lowest BCUT2D eigenvalue weighted by molar-refractivity contribution is 0.180. The summed E-state index contributed by atoms with van der Waals surface area (Å²) in [5.74, 6) is 2.16. The van der Waals surface area contributed by atoms with Crippen molar-refractivity contribution >= 4 is 0 Å². The average molecular weight is 235 g/mol. The number of ether oxygens (including phenoxy) is 1. The zero-order chi connectivity index (χ0) is 11.8. The standard InChI is InChI=1S/C13H21N3O/c1-9-4-11(9)6-16-8-15-5-12(16)13(14)10-2-3-17-7-10/h5,8-11,13H,2-4,6-7,14H2,1H3. The lowest BCUT2D eigenvalue weighted by Crippen LogP contribution is -2.24. The van der Waals surface area contributed by atoms with Gasteiger partial charge in [-0.05, 0) is 24.7 Å². The van der Waals surface area contributed by atoms with Gasteiger partial charge in [0.05, 0.1) is 24.7 Å². The van der Waals surface area contributed by atoms with Gasteiger partial charge in [0.15, 0.2) is 0 Å². The molecule has 1 aliphatic heterocycles. The summed E-state index contributed by atoms with van der Waals surface area (Å²) < 4.78 is 7.66. The second-order valence-electron chi connectivity index (χ2n) is 5.59. The molecule has 1 saturated carbocycles. The van der Waals surface area contributed by atoms with Crippen LogP contribution in [-0.4, -0.2) is 22.8 Å². The second kappa shape index (κ2) is 4.42. The highest BCUT2D eigenvalue weighted by Gasteiger charge is 2.34. The number of nitrogens with two attached hydrogens (primary N) is 1. The molecular formula is C13H21N3O. The minimum atomic E-state index is 0.0778. The molecule has 0 spiro atoms. The van der Waals surface area contributed by atoms with Gasteiger partial charge in [0.25, 0.3) is 0 Å². The Labute approximate surface area is 102 Å². The highest BCUT2D eigenvalue weighted by atomic mass is 16.5. The van der Waals surface area contributed by atoms with Crippen molar-refractivity contribution in [3.63, 3.8) is 0 Å². The van der Waals surface area contributed by atoms with E-state index >= 15 is 0 Å². The fourth-order valence-electron chi connectivity index (χ4n) is 2.74. The molecule has 1 saturated heterocycles. The van der Waals surface area contributed by atoms with Crippen molar-refractivity contribution in [2.75, 3.05) is 13.2 Å². The molecule has 3 rings (SSSR count). The first-order valence-corrected chi connectivity index (χ1v) is 6.59. The van der Waals surface area contributed by atoms with E-state index in [-0.39, 0.29) is 6.04 Å². The van der Waals surface area contributed by atoms with Crippen LogP contribution in [0.4, 0.5) is 0 Å². The molecule has 0 amide bonds. The van der Waals surface area contributed by atoms with Gasteiger partial charge in [-0.25, -0.2) is 4.98 Å². The van der Waals surface area contributed by atoms with Crippen LogP contribution in [0.5, 0.6) is 0 Å². The minimum Gasteiger partial charge on any atom is -0.381 e. The summed E-state index contributed by atoms with van der Waals surface area (Å²) in [4.78, 5) is 4.26. The summed E-state index contributed by atoms with van der Waals surface area (Å²) in [7, 11) is 0. The third-order valence-electron chi connectivity index (χ3n) is 4.27. The number of hydrogen-bond donors (Lipinski definition) is 1. The number of aromatic nitrogens is 2. The van der Waals surface area contributed by atoms with E-state index in [2.05, 4.69) is 16.5 Å². The smallest absolute Gasteiger partial charge is 0.0948 e. The van der Waals surface area contributed by atoms with E-state index in [4.69, 9.17) is 10.5 Å². The van der Waals surface area contributed by atoms with Gasteiger partial charge in [-0.1, -0.05) is 6.92 Å². The lowest BCUT2D eigenvalue weighted by Gasteiger charge is -2.19. The summed E-state index contributed by atoms with van der Waals surface area (Å²) in [5.41, 5.74) is 7.52. The summed E-state index contributed by atoms with van der Waals surface area (Å²) >= 11 is 0. The molecule has 17 heavy (non-hydrogen) atoms. The Morgan fingerprint density at radius 3 is 3.12 bits per heavy atom. The molecule has 2 fully saturated rings. The highest BCUT2D eigenvalue weighted by molar-refractivity contribution is 5.07. The van der Waals surface area contributed by atoms with Gasteiger partial charge in [0.1, 0.15) is 0 Å². The van der Waals surface area contributed by atoms with Crippen LogP contribution >= 0.6 is 0 Å². The van der Waals surface area contributed by atoms with E-state index in [0.717, 1.165) is 38.0 Å². The quantitative estimate of drug-likeness (QED) is 0.862. The molecule has 2 aliphatic rings. The SMILES string of the molecule is CC1CC1Cn1cncc1C(N)C1CCOC1. The molecule has 4 nitrogen and oxygen atoms in total. The van der Waals surface area contributed by atoms with Crippen LogP contribution in [0.1, 0.15) is 31.5 Å². The third-order valence-corrected chi connectivity index (χ3v) is 4.27. The predicted octanol–water partition coefficient (Wildman–Crippen LogP) is 1.58. The normalized spacial score (nSPS) is 33.9. The van der Waals surface area contributed by atoms with E-state index in [1.54, 1.807) is 0 Å². The fourth-order valence-corrected chi connectivity index (χ4v) is 2.74. The molecule has 0 aromatic carbocycles. The van der Waals surface area contributed by atoms with Gasteiger partial charge in [0, 0.05) is 25.3 Å². The molecule has 2 N–H and O–H groups in total. The summed E-state index contributed by atoms with van der Waals surface area (Å²) in [6.45, 7) is 5.04. The molecule has 2 heterocycles. The molecule has 4 unspecified atom stereocenters. The molecule has 1 aliphatic carbocycles.